The second-order valence-corrected chi connectivity index (χ2v) is 6.25. The van der Waals surface area contributed by atoms with Crippen molar-refractivity contribution in [3.8, 4) is 0 Å². The number of hydrogen-bond acceptors (Lipinski definition) is 2. The number of anilines is 1. The molecule has 2 nitrogen and oxygen atoms in total. The fraction of sp³-hybridized carbons (Fsp3) is 0.417. The summed E-state index contributed by atoms with van der Waals surface area (Å²) < 4.78 is 0. The lowest BCUT2D eigenvalue weighted by Crippen LogP contribution is -3.00. The van der Waals surface area contributed by atoms with Gasteiger partial charge in [0.25, 0.3) is 0 Å². The van der Waals surface area contributed by atoms with Crippen molar-refractivity contribution in [1.82, 2.24) is 0 Å². The maximum absolute atomic E-state index is 11.7. The molecule has 0 fully saturated rings. The van der Waals surface area contributed by atoms with Crippen molar-refractivity contribution >= 4 is 22.4 Å². The lowest BCUT2D eigenvalue weighted by atomic mass is 10.1. The van der Waals surface area contributed by atoms with Crippen molar-refractivity contribution in [3.63, 3.8) is 0 Å². The minimum Gasteiger partial charge on any atom is -1.00 e. The van der Waals surface area contributed by atoms with Crippen molar-refractivity contribution in [1.29, 1.82) is 0 Å². The van der Waals surface area contributed by atoms with Gasteiger partial charge >= 0.3 is 0 Å². The fourth-order valence-electron chi connectivity index (χ4n) is 1.29. The molecule has 1 aromatic rings. The van der Waals surface area contributed by atoms with Gasteiger partial charge in [-0.3, -0.25) is 4.79 Å². The van der Waals surface area contributed by atoms with Crippen molar-refractivity contribution < 1.29 is 21.8 Å². The van der Waals surface area contributed by atoms with Crippen LogP contribution in [0.1, 0.15) is 10.4 Å². The van der Waals surface area contributed by atoms with Crippen LogP contribution in [0.5, 0.6) is 0 Å². The summed E-state index contributed by atoms with van der Waals surface area (Å²) in [6, 6.07) is 7.78. The van der Waals surface area contributed by atoms with Gasteiger partial charge in [-0.15, -0.1) is 0 Å². The Hall–Kier alpha value is -0.480. The van der Waals surface area contributed by atoms with Crippen LogP contribution >= 0.6 is 0 Å². The predicted octanol–water partition coefficient (Wildman–Crippen LogP) is -1.18. The van der Waals surface area contributed by atoms with Gasteiger partial charge in [0.15, 0.2) is 5.75 Å². The number of hydrogen-bond donors (Lipinski definition) is 0. The summed E-state index contributed by atoms with van der Waals surface area (Å²) in [5.74, 6) is 0.898. The number of rotatable bonds is 4. The molecule has 0 saturated carbocycles. The largest absolute Gasteiger partial charge is 1.00 e. The lowest BCUT2D eigenvalue weighted by Gasteiger charge is -2.12. The van der Waals surface area contributed by atoms with E-state index in [9.17, 15) is 4.79 Å². The van der Waals surface area contributed by atoms with Crippen LogP contribution in [0.2, 0.25) is 0 Å². The Labute approximate surface area is 111 Å². The molecule has 0 aliphatic rings. The van der Waals surface area contributed by atoms with Gasteiger partial charge in [-0.2, -0.15) is 0 Å². The van der Waals surface area contributed by atoms with E-state index in [0.29, 0.717) is 5.75 Å². The summed E-state index contributed by atoms with van der Waals surface area (Å²) in [6.45, 7) is 0. The summed E-state index contributed by atoms with van der Waals surface area (Å²) in [4.78, 5) is 13.8. The molecular formula is C12H18BrNOS. The third-order valence-electron chi connectivity index (χ3n) is 2.13. The van der Waals surface area contributed by atoms with Crippen LogP contribution in [0.15, 0.2) is 24.3 Å². The molecule has 0 aliphatic carbocycles. The summed E-state index contributed by atoms with van der Waals surface area (Å²) in [5.41, 5.74) is 1.94. The SMILES string of the molecule is CN(C)c1ccc(C(=O)C[S+](C)C)cc1.[Br-]. The van der Waals surface area contributed by atoms with Crippen molar-refractivity contribution in [3.05, 3.63) is 29.8 Å². The summed E-state index contributed by atoms with van der Waals surface area (Å²) in [7, 11) is 4.16. The smallest absolute Gasteiger partial charge is 0.211 e. The quantitative estimate of drug-likeness (QED) is 0.515. The van der Waals surface area contributed by atoms with Gasteiger partial charge in [0.1, 0.15) is 0 Å². The second kappa shape index (κ2) is 6.97. The Morgan fingerprint density at radius 3 is 2.06 bits per heavy atom. The molecule has 16 heavy (non-hydrogen) atoms. The van der Waals surface area contributed by atoms with Gasteiger partial charge in [-0.1, -0.05) is 0 Å². The number of halogens is 1. The zero-order valence-electron chi connectivity index (χ0n) is 10.2. The topological polar surface area (TPSA) is 20.3 Å². The molecule has 0 radical (unpaired) electrons. The van der Waals surface area contributed by atoms with E-state index in [1.807, 2.05) is 43.3 Å². The first-order valence-corrected chi connectivity index (χ1v) is 7.06. The number of nitrogens with zero attached hydrogens (tertiary/aromatic N) is 1. The summed E-state index contributed by atoms with van der Waals surface area (Å²) >= 11 is 0. The molecule has 0 saturated heterocycles. The third kappa shape index (κ3) is 4.58. The third-order valence-corrected chi connectivity index (χ3v) is 2.96. The fourth-order valence-corrected chi connectivity index (χ4v) is 1.98. The zero-order valence-corrected chi connectivity index (χ0v) is 12.6. The minimum absolute atomic E-state index is 0. The van der Waals surface area contributed by atoms with Crippen LogP contribution in [0.4, 0.5) is 5.69 Å². The van der Waals surface area contributed by atoms with Gasteiger partial charge in [-0.05, 0) is 35.2 Å². The molecule has 0 amide bonds. The molecule has 0 spiro atoms. The highest BCUT2D eigenvalue weighted by Crippen LogP contribution is 2.12. The highest BCUT2D eigenvalue weighted by Gasteiger charge is 2.13. The van der Waals surface area contributed by atoms with Crippen molar-refractivity contribution in [2.24, 2.45) is 0 Å². The van der Waals surface area contributed by atoms with Crippen LogP contribution in [0.3, 0.4) is 0 Å². The van der Waals surface area contributed by atoms with Gasteiger partial charge in [0, 0.05) is 25.3 Å². The van der Waals surface area contributed by atoms with E-state index in [0.717, 1.165) is 11.3 Å². The Balaban J connectivity index is 0.00000225. The van der Waals surface area contributed by atoms with Crippen LogP contribution in [0.25, 0.3) is 0 Å². The van der Waals surface area contributed by atoms with Gasteiger partial charge in [-0.25, -0.2) is 0 Å². The molecule has 4 heteroatoms. The van der Waals surface area contributed by atoms with Gasteiger partial charge in [0.2, 0.25) is 5.78 Å². The first kappa shape index (κ1) is 15.5. The van der Waals surface area contributed by atoms with Crippen LogP contribution in [-0.2, 0) is 10.9 Å². The van der Waals surface area contributed by atoms with Crippen LogP contribution in [-0.4, -0.2) is 38.1 Å². The molecule has 0 aromatic heterocycles. The van der Waals surface area contributed by atoms with Gasteiger partial charge in [0.05, 0.1) is 12.5 Å². The molecule has 1 aromatic carbocycles. The predicted molar refractivity (Wildman–Crippen MR) is 69.2 cm³/mol. The monoisotopic (exact) mass is 303 g/mol. The van der Waals surface area contributed by atoms with Crippen molar-refractivity contribution in [2.75, 3.05) is 37.3 Å². The molecule has 0 heterocycles. The van der Waals surface area contributed by atoms with E-state index < -0.39 is 0 Å². The Morgan fingerprint density at radius 1 is 1.19 bits per heavy atom. The number of carbonyl (C=O) groups is 1. The number of ketones is 1. The van der Waals surface area contributed by atoms with E-state index in [-0.39, 0.29) is 33.7 Å². The average molecular weight is 304 g/mol. The van der Waals surface area contributed by atoms with E-state index in [4.69, 9.17) is 0 Å². The standard InChI is InChI=1S/C12H18NOS.BrH/c1-13(2)11-7-5-10(6-8-11)12(14)9-15(3)4;/h5-8H,9H2,1-4H3;1H/q+1;/p-1. The molecule has 0 aliphatic heterocycles. The maximum atomic E-state index is 11.7. The Morgan fingerprint density at radius 2 is 1.69 bits per heavy atom. The second-order valence-electron chi connectivity index (χ2n) is 3.99. The summed E-state index contributed by atoms with van der Waals surface area (Å²) in [5, 5.41) is 0. The molecule has 0 unspecified atom stereocenters. The highest BCUT2D eigenvalue weighted by molar-refractivity contribution is 7.96. The molecule has 0 atom stereocenters. The molecule has 1 rings (SSSR count). The average Bonchev–Trinajstić information content (AvgIpc) is 2.17. The zero-order chi connectivity index (χ0) is 11.4. The number of Topliss-reactive ketones (excluding diaryl/α,β-unsaturated/α-hetero) is 1. The van der Waals surface area contributed by atoms with E-state index in [2.05, 4.69) is 12.5 Å². The number of benzene rings is 1. The minimum atomic E-state index is 0. The summed E-state index contributed by atoms with van der Waals surface area (Å²) in [6.07, 6.45) is 4.18. The Kier molecular flexibility index (Phi) is 6.76. The molecule has 90 valence electrons. The van der Waals surface area contributed by atoms with Crippen molar-refractivity contribution in [2.45, 2.75) is 0 Å². The Bertz CT molecular complexity index is 335. The van der Waals surface area contributed by atoms with E-state index in [1.54, 1.807) is 0 Å². The first-order chi connectivity index (χ1) is 7.00. The molecular weight excluding hydrogens is 286 g/mol. The van der Waals surface area contributed by atoms with Gasteiger partial charge < -0.3 is 21.9 Å². The maximum Gasteiger partial charge on any atom is 0.211 e. The molecule has 0 N–H and O–H groups in total. The normalized spacial score (nSPS) is 9.81. The van der Waals surface area contributed by atoms with Crippen LogP contribution in [0, 0.1) is 0 Å². The van der Waals surface area contributed by atoms with E-state index in [1.165, 1.54) is 0 Å². The highest BCUT2D eigenvalue weighted by atomic mass is 79.9. The molecule has 0 bridgehead atoms. The van der Waals surface area contributed by atoms with E-state index >= 15 is 0 Å². The first-order valence-electron chi connectivity index (χ1n) is 4.85. The van der Waals surface area contributed by atoms with Crippen LogP contribution < -0.4 is 21.9 Å². The number of carbonyl (C=O) groups excluding carboxylic acids is 1. The lowest BCUT2D eigenvalue weighted by molar-refractivity contribution is -0.0000112.